The molecule has 6 N–H and O–H groups in total. The van der Waals surface area contributed by atoms with Gasteiger partial charge >= 0.3 is 12.2 Å². The second-order valence-electron chi connectivity index (χ2n) is 11.7. The van der Waals surface area contributed by atoms with E-state index in [9.17, 15) is 24.0 Å². The van der Waals surface area contributed by atoms with Crippen LogP contribution in [0.3, 0.4) is 0 Å². The van der Waals surface area contributed by atoms with Gasteiger partial charge in [0.1, 0.15) is 30.3 Å². The molecule has 0 heterocycles. The molecule has 5 amide bonds. The van der Waals surface area contributed by atoms with Crippen LogP contribution in [0.2, 0.25) is 0 Å². The summed E-state index contributed by atoms with van der Waals surface area (Å²) in [6, 6.07) is 6.27. The molecule has 0 radical (unpaired) electrons. The monoisotopic (exact) mass is 577 g/mol. The van der Waals surface area contributed by atoms with E-state index in [-0.39, 0.29) is 31.4 Å². The number of ether oxygens (including phenoxy) is 2. The summed E-state index contributed by atoms with van der Waals surface area (Å²) in [6.45, 7) is 12.7. The zero-order valence-electron chi connectivity index (χ0n) is 25.2. The molecule has 41 heavy (non-hydrogen) atoms. The first-order chi connectivity index (χ1) is 19.1. The van der Waals surface area contributed by atoms with Crippen LogP contribution in [0.5, 0.6) is 0 Å². The van der Waals surface area contributed by atoms with Gasteiger partial charge in [-0.1, -0.05) is 58.0 Å². The van der Waals surface area contributed by atoms with Crippen molar-refractivity contribution in [3.8, 4) is 0 Å². The Kier molecular flexibility index (Phi) is 14.7. The van der Waals surface area contributed by atoms with Crippen LogP contribution in [-0.4, -0.2) is 60.2 Å². The van der Waals surface area contributed by atoms with Gasteiger partial charge in [0, 0.05) is 6.54 Å². The SMILES string of the molecule is CC(C)CC(NC(=O)C(NC(=O)C(CCCNC(=O)OCc1ccccc1)NC(=O)OC(C)(C)C)C(C)C)C(N)=O. The molecule has 1 aromatic rings. The highest BCUT2D eigenvalue weighted by molar-refractivity contribution is 5.93. The van der Waals surface area contributed by atoms with Crippen molar-refractivity contribution < 1.29 is 33.4 Å². The molecule has 0 fully saturated rings. The van der Waals surface area contributed by atoms with E-state index in [0.29, 0.717) is 12.8 Å². The Morgan fingerprint density at radius 2 is 1.49 bits per heavy atom. The van der Waals surface area contributed by atoms with Gasteiger partial charge in [-0.2, -0.15) is 0 Å². The smallest absolute Gasteiger partial charge is 0.408 e. The summed E-state index contributed by atoms with van der Waals surface area (Å²) in [5.74, 6) is -2.08. The van der Waals surface area contributed by atoms with Crippen molar-refractivity contribution in [2.75, 3.05) is 6.54 Å². The summed E-state index contributed by atoms with van der Waals surface area (Å²) in [7, 11) is 0. The summed E-state index contributed by atoms with van der Waals surface area (Å²) in [5, 5.41) is 10.5. The second-order valence-corrected chi connectivity index (χ2v) is 11.7. The predicted molar refractivity (Wildman–Crippen MR) is 154 cm³/mol. The lowest BCUT2D eigenvalue weighted by atomic mass is 9.99. The molecule has 0 saturated carbocycles. The molecule has 3 atom stereocenters. The molecule has 3 unspecified atom stereocenters. The average Bonchev–Trinajstić information content (AvgIpc) is 2.86. The molecule has 1 rings (SSSR count). The Bertz CT molecular complexity index is 1010. The van der Waals surface area contributed by atoms with E-state index < -0.39 is 53.6 Å². The highest BCUT2D eigenvalue weighted by atomic mass is 16.6. The Balaban J connectivity index is 2.84. The molecule has 1 aromatic carbocycles. The summed E-state index contributed by atoms with van der Waals surface area (Å²) in [5.41, 5.74) is 5.51. The molecule has 0 aromatic heterocycles. The lowest BCUT2D eigenvalue weighted by Crippen LogP contribution is -2.58. The van der Waals surface area contributed by atoms with E-state index in [0.717, 1.165) is 5.56 Å². The standard InChI is InChI=1S/C29H47N5O7/c1-18(2)16-22(24(30)35)32-26(37)23(19(3)4)34-25(36)21(33-28(39)41-29(5,6)7)14-11-15-31-27(38)40-17-20-12-9-8-10-13-20/h8-10,12-13,18-19,21-23H,11,14-17H2,1-7H3,(H2,30,35)(H,31,38)(H,32,37)(H,33,39)(H,34,36). The van der Waals surface area contributed by atoms with Crippen molar-refractivity contribution in [2.45, 2.75) is 98.1 Å². The fraction of sp³-hybridized carbons (Fsp3) is 0.621. The molecule has 0 spiro atoms. The zero-order chi connectivity index (χ0) is 31.2. The first-order valence-corrected chi connectivity index (χ1v) is 13.9. The molecular formula is C29H47N5O7. The number of hydrogen-bond acceptors (Lipinski definition) is 7. The first kappa shape index (κ1) is 35.2. The van der Waals surface area contributed by atoms with Crippen molar-refractivity contribution in [2.24, 2.45) is 17.6 Å². The van der Waals surface area contributed by atoms with Crippen molar-refractivity contribution in [3.63, 3.8) is 0 Å². The number of nitrogens with one attached hydrogen (secondary N) is 4. The van der Waals surface area contributed by atoms with E-state index in [1.54, 1.807) is 34.6 Å². The topological polar surface area (TPSA) is 178 Å². The number of carbonyl (C=O) groups excluding carboxylic acids is 5. The van der Waals surface area contributed by atoms with Crippen molar-refractivity contribution >= 4 is 29.9 Å². The van der Waals surface area contributed by atoms with Gasteiger partial charge in [0.2, 0.25) is 17.7 Å². The van der Waals surface area contributed by atoms with Crippen LogP contribution >= 0.6 is 0 Å². The first-order valence-electron chi connectivity index (χ1n) is 13.9. The van der Waals surface area contributed by atoms with Crippen molar-refractivity contribution in [3.05, 3.63) is 35.9 Å². The van der Waals surface area contributed by atoms with E-state index in [1.807, 2.05) is 44.2 Å². The van der Waals surface area contributed by atoms with Gasteiger partial charge < -0.3 is 36.5 Å². The lowest BCUT2D eigenvalue weighted by Gasteiger charge is -2.28. The number of amides is 5. The van der Waals surface area contributed by atoms with Gasteiger partial charge in [-0.15, -0.1) is 0 Å². The molecular weight excluding hydrogens is 530 g/mol. The van der Waals surface area contributed by atoms with Crippen LogP contribution in [0.15, 0.2) is 30.3 Å². The van der Waals surface area contributed by atoms with Gasteiger partial charge in [-0.3, -0.25) is 14.4 Å². The van der Waals surface area contributed by atoms with Gasteiger partial charge in [-0.05, 0) is 57.4 Å². The number of hydrogen-bond donors (Lipinski definition) is 5. The molecule has 12 nitrogen and oxygen atoms in total. The van der Waals surface area contributed by atoms with Crippen LogP contribution in [0.1, 0.15) is 73.3 Å². The van der Waals surface area contributed by atoms with Gasteiger partial charge in [0.05, 0.1) is 0 Å². The number of rotatable bonds is 15. The summed E-state index contributed by atoms with van der Waals surface area (Å²) < 4.78 is 10.5. The van der Waals surface area contributed by atoms with Crippen LogP contribution in [0.4, 0.5) is 9.59 Å². The minimum atomic E-state index is -1.07. The Hall–Kier alpha value is -3.83. The molecule has 230 valence electrons. The molecule has 0 aliphatic heterocycles. The quantitative estimate of drug-likeness (QED) is 0.199. The number of primary amides is 1. The van der Waals surface area contributed by atoms with Crippen molar-refractivity contribution in [1.29, 1.82) is 0 Å². The van der Waals surface area contributed by atoms with E-state index in [2.05, 4.69) is 21.3 Å². The lowest BCUT2D eigenvalue weighted by molar-refractivity contribution is -0.133. The van der Waals surface area contributed by atoms with Crippen LogP contribution < -0.4 is 27.0 Å². The zero-order valence-corrected chi connectivity index (χ0v) is 25.2. The third kappa shape index (κ3) is 14.9. The van der Waals surface area contributed by atoms with Gasteiger partial charge in [-0.25, -0.2) is 9.59 Å². The predicted octanol–water partition coefficient (Wildman–Crippen LogP) is 2.74. The van der Waals surface area contributed by atoms with Crippen LogP contribution in [0.25, 0.3) is 0 Å². The number of nitrogens with two attached hydrogens (primary N) is 1. The Labute approximate surface area is 242 Å². The largest absolute Gasteiger partial charge is 0.445 e. The molecule has 0 saturated heterocycles. The Morgan fingerprint density at radius 1 is 0.854 bits per heavy atom. The van der Waals surface area contributed by atoms with Gasteiger partial charge in [0.25, 0.3) is 0 Å². The second kappa shape index (κ2) is 17.1. The van der Waals surface area contributed by atoms with E-state index in [4.69, 9.17) is 15.2 Å². The minimum absolute atomic E-state index is 0.103. The minimum Gasteiger partial charge on any atom is -0.445 e. The normalized spacial score (nSPS) is 13.5. The summed E-state index contributed by atoms with van der Waals surface area (Å²) in [4.78, 5) is 62.7. The molecule has 0 bridgehead atoms. The maximum absolute atomic E-state index is 13.3. The fourth-order valence-corrected chi connectivity index (χ4v) is 3.76. The average molecular weight is 578 g/mol. The fourth-order valence-electron chi connectivity index (χ4n) is 3.76. The third-order valence-electron chi connectivity index (χ3n) is 5.77. The maximum atomic E-state index is 13.3. The highest BCUT2D eigenvalue weighted by Gasteiger charge is 2.31. The number of carbonyl (C=O) groups is 5. The highest BCUT2D eigenvalue weighted by Crippen LogP contribution is 2.10. The van der Waals surface area contributed by atoms with E-state index >= 15 is 0 Å². The summed E-state index contributed by atoms with van der Waals surface area (Å²) >= 11 is 0. The van der Waals surface area contributed by atoms with Crippen LogP contribution in [-0.2, 0) is 30.5 Å². The number of alkyl carbamates (subject to hydrolysis) is 2. The molecule has 0 aliphatic carbocycles. The molecule has 0 aliphatic rings. The van der Waals surface area contributed by atoms with E-state index in [1.165, 1.54) is 0 Å². The Morgan fingerprint density at radius 3 is 2.02 bits per heavy atom. The maximum Gasteiger partial charge on any atom is 0.408 e. The third-order valence-corrected chi connectivity index (χ3v) is 5.77. The van der Waals surface area contributed by atoms with Gasteiger partial charge in [0.15, 0.2) is 0 Å². The van der Waals surface area contributed by atoms with Crippen molar-refractivity contribution in [1.82, 2.24) is 21.3 Å². The number of benzene rings is 1. The molecule has 12 heteroatoms. The van der Waals surface area contributed by atoms with Crippen LogP contribution in [0, 0.1) is 11.8 Å². The summed E-state index contributed by atoms with van der Waals surface area (Å²) in [6.07, 6.45) is -0.622.